The fraction of sp³-hybridized carbons (Fsp3) is 0.588. The molecule has 1 fully saturated rings. The Hall–Kier alpha value is -1.71. The number of hydrogen-bond acceptors (Lipinski definition) is 3. The molecule has 1 N–H and O–H groups in total. The van der Waals surface area contributed by atoms with Crippen LogP contribution in [0.1, 0.15) is 52.4 Å². The third kappa shape index (κ3) is 3.14. The van der Waals surface area contributed by atoms with Gasteiger partial charge in [0, 0.05) is 31.0 Å². The van der Waals surface area contributed by atoms with Crippen molar-refractivity contribution in [1.29, 1.82) is 0 Å². The number of carbonyl (C=O) groups is 1. The van der Waals surface area contributed by atoms with Crippen LogP contribution in [-0.2, 0) is 4.79 Å². The van der Waals surface area contributed by atoms with Crippen LogP contribution in [0.5, 0.6) is 11.5 Å². The van der Waals surface area contributed by atoms with Crippen molar-refractivity contribution < 1.29 is 14.3 Å². The molecule has 21 heavy (non-hydrogen) atoms. The summed E-state index contributed by atoms with van der Waals surface area (Å²) in [5.74, 6) is 1.69. The molecule has 1 spiro atoms. The second-order valence-electron chi connectivity index (χ2n) is 6.46. The monoisotopic (exact) mass is 289 g/mol. The Balaban J connectivity index is 1.64. The highest BCUT2D eigenvalue weighted by Crippen LogP contribution is 2.47. The molecular weight excluding hydrogens is 266 g/mol. The molecule has 2 aliphatic rings. The summed E-state index contributed by atoms with van der Waals surface area (Å²) in [6, 6.07) is 5.64. The molecule has 1 aliphatic carbocycles. The summed E-state index contributed by atoms with van der Waals surface area (Å²) >= 11 is 0. The van der Waals surface area contributed by atoms with E-state index in [1.165, 1.54) is 0 Å². The first kappa shape index (κ1) is 14.2. The van der Waals surface area contributed by atoms with Gasteiger partial charge in [-0.25, -0.2) is 0 Å². The van der Waals surface area contributed by atoms with Gasteiger partial charge in [0.15, 0.2) is 11.5 Å². The third-order valence-electron chi connectivity index (χ3n) is 4.13. The number of nitrogens with one attached hydrogen (secondary N) is 1. The molecule has 0 bridgehead atoms. The fourth-order valence-corrected chi connectivity index (χ4v) is 2.93. The van der Waals surface area contributed by atoms with Gasteiger partial charge < -0.3 is 14.8 Å². The third-order valence-corrected chi connectivity index (χ3v) is 4.13. The van der Waals surface area contributed by atoms with Crippen LogP contribution in [0.25, 0.3) is 0 Å². The zero-order chi connectivity index (χ0) is 14.9. The van der Waals surface area contributed by atoms with Crippen molar-refractivity contribution in [3.05, 3.63) is 18.2 Å². The van der Waals surface area contributed by atoms with Crippen LogP contribution < -0.4 is 14.8 Å². The summed E-state index contributed by atoms with van der Waals surface area (Å²) in [6.07, 6.45) is 5.63. The van der Waals surface area contributed by atoms with Crippen molar-refractivity contribution in [2.24, 2.45) is 5.92 Å². The van der Waals surface area contributed by atoms with E-state index in [1.54, 1.807) is 0 Å². The standard InChI is InChI=1S/C17H23NO3/c1-12(2)5-8-16(19)18-13-6-7-14-15(11-13)21-17(20-14)9-3-4-10-17/h6-7,11-12H,3-5,8-10H2,1-2H3,(H,18,19). The Morgan fingerprint density at radius 1 is 1.24 bits per heavy atom. The van der Waals surface area contributed by atoms with Crippen molar-refractivity contribution in [3.63, 3.8) is 0 Å². The van der Waals surface area contributed by atoms with Gasteiger partial charge in [-0.15, -0.1) is 0 Å². The number of rotatable bonds is 4. The average molecular weight is 289 g/mol. The lowest BCUT2D eigenvalue weighted by Crippen LogP contribution is -2.34. The zero-order valence-electron chi connectivity index (χ0n) is 12.8. The van der Waals surface area contributed by atoms with Crippen LogP contribution in [0, 0.1) is 5.92 Å². The van der Waals surface area contributed by atoms with Crippen LogP contribution in [0.15, 0.2) is 18.2 Å². The molecule has 114 valence electrons. The van der Waals surface area contributed by atoms with E-state index in [0.717, 1.165) is 49.3 Å². The van der Waals surface area contributed by atoms with Gasteiger partial charge in [-0.1, -0.05) is 13.8 Å². The molecule has 1 aliphatic heterocycles. The lowest BCUT2D eigenvalue weighted by atomic mass is 10.1. The Bertz CT molecular complexity index is 533. The summed E-state index contributed by atoms with van der Waals surface area (Å²) in [4.78, 5) is 11.9. The molecule has 1 heterocycles. The van der Waals surface area contributed by atoms with Gasteiger partial charge in [0.2, 0.25) is 5.91 Å². The predicted octanol–water partition coefficient (Wildman–Crippen LogP) is 4.10. The molecular formula is C17H23NO3. The van der Waals surface area contributed by atoms with E-state index in [9.17, 15) is 4.79 Å². The number of amides is 1. The van der Waals surface area contributed by atoms with Crippen molar-refractivity contribution in [1.82, 2.24) is 0 Å². The van der Waals surface area contributed by atoms with Gasteiger partial charge in [-0.2, -0.15) is 0 Å². The molecule has 4 heteroatoms. The maximum absolute atomic E-state index is 11.9. The Morgan fingerprint density at radius 2 is 1.95 bits per heavy atom. The normalized spacial score (nSPS) is 18.4. The van der Waals surface area contributed by atoms with Gasteiger partial charge in [0.05, 0.1) is 0 Å². The lowest BCUT2D eigenvalue weighted by Gasteiger charge is -2.21. The minimum absolute atomic E-state index is 0.0538. The summed E-state index contributed by atoms with van der Waals surface area (Å²) in [5.41, 5.74) is 0.779. The maximum Gasteiger partial charge on any atom is 0.251 e. The first-order valence-corrected chi connectivity index (χ1v) is 7.88. The first-order valence-electron chi connectivity index (χ1n) is 7.88. The molecule has 4 nitrogen and oxygen atoms in total. The van der Waals surface area contributed by atoms with E-state index in [2.05, 4.69) is 19.2 Å². The number of fused-ring (bicyclic) bond motifs is 1. The number of anilines is 1. The Kier molecular flexibility index (Phi) is 3.79. The minimum Gasteiger partial charge on any atom is -0.448 e. The number of hydrogen-bond donors (Lipinski definition) is 1. The summed E-state index contributed by atoms with van der Waals surface area (Å²) in [6.45, 7) is 4.24. The largest absolute Gasteiger partial charge is 0.448 e. The minimum atomic E-state index is -0.442. The fourth-order valence-electron chi connectivity index (χ4n) is 2.93. The van der Waals surface area contributed by atoms with E-state index in [0.29, 0.717) is 12.3 Å². The van der Waals surface area contributed by atoms with Gasteiger partial charge in [-0.05, 0) is 37.3 Å². The molecule has 1 saturated carbocycles. The average Bonchev–Trinajstić information content (AvgIpc) is 3.02. The van der Waals surface area contributed by atoms with E-state index in [1.807, 2.05) is 18.2 Å². The van der Waals surface area contributed by atoms with Crippen LogP contribution in [0.4, 0.5) is 5.69 Å². The number of benzene rings is 1. The summed E-state index contributed by atoms with van der Waals surface area (Å²) in [5, 5.41) is 2.93. The Labute approximate surface area is 125 Å². The first-order chi connectivity index (χ1) is 10.1. The predicted molar refractivity (Wildman–Crippen MR) is 81.6 cm³/mol. The van der Waals surface area contributed by atoms with E-state index < -0.39 is 5.79 Å². The Morgan fingerprint density at radius 3 is 2.67 bits per heavy atom. The molecule has 1 aromatic carbocycles. The highest BCUT2D eigenvalue weighted by atomic mass is 16.7. The van der Waals surface area contributed by atoms with E-state index in [4.69, 9.17) is 9.47 Å². The summed E-state index contributed by atoms with van der Waals surface area (Å²) in [7, 11) is 0. The molecule has 0 atom stereocenters. The molecule has 3 rings (SSSR count). The van der Waals surface area contributed by atoms with E-state index in [-0.39, 0.29) is 5.91 Å². The van der Waals surface area contributed by atoms with Gasteiger partial charge in [-0.3, -0.25) is 4.79 Å². The molecule has 1 aromatic rings. The van der Waals surface area contributed by atoms with Crippen LogP contribution in [0.2, 0.25) is 0 Å². The molecule has 0 aromatic heterocycles. The van der Waals surface area contributed by atoms with Gasteiger partial charge in [0.25, 0.3) is 5.79 Å². The van der Waals surface area contributed by atoms with Crippen LogP contribution >= 0.6 is 0 Å². The second kappa shape index (κ2) is 5.58. The smallest absolute Gasteiger partial charge is 0.251 e. The topological polar surface area (TPSA) is 47.6 Å². The van der Waals surface area contributed by atoms with Crippen molar-refractivity contribution in [2.75, 3.05) is 5.32 Å². The maximum atomic E-state index is 11.9. The molecule has 1 amide bonds. The van der Waals surface area contributed by atoms with Gasteiger partial charge >= 0.3 is 0 Å². The quantitative estimate of drug-likeness (QED) is 0.907. The highest BCUT2D eigenvalue weighted by molar-refractivity contribution is 5.91. The molecule has 0 unspecified atom stereocenters. The summed E-state index contributed by atoms with van der Waals surface area (Å²) < 4.78 is 12.0. The van der Waals surface area contributed by atoms with Crippen molar-refractivity contribution >= 4 is 11.6 Å². The van der Waals surface area contributed by atoms with Crippen LogP contribution in [-0.4, -0.2) is 11.7 Å². The lowest BCUT2D eigenvalue weighted by molar-refractivity contribution is -0.116. The van der Waals surface area contributed by atoms with Gasteiger partial charge in [0.1, 0.15) is 0 Å². The van der Waals surface area contributed by atoms with Crippen LogP contribution in [0.3, 0.4) is 0 Å². The van der Waals surface area contributed by atoms with Crippen molar-refractivity contribution in [2.45, 2.75) is 58.2 Å². The van der Waals surface area contributed by atoms with Crippen molar-refractivity contribution in [3.8, 4) is 11.5 Å². The number of carbonyl (C=O) groups excluding carboxylic acids is 1. The van der Waals surface area contributed by atoms with E-state index >= 15 is 0 Å². The second-order valence-corrected chi connectivity index (χ2v) is 6.46. The SMILES string of the molecule is CC(C)CCC(=O)Nc1ccc2c(c1)OC1(CCCC1)O2. The number of ether oxygens (including phenoxy) is 2. The molecule has 0 saturated heterocycles. The molecule has 0 radical (unpaired) electrons. The zero-order valence-corrected chi connectivity index (χ0v) is 12.8. The highest BCUT2D eigenvalue weighted by Gasteiger charge is 2.44.